The van der Waals surface area contributed by atoms with E-state index < -0.39 is 0 Å². The highest BCUT2D eigenvalue weighted by Gasteiger charge is 2.32. The van der Waals surface area contributed by atoms with Crippen molar-refractivity contribution < 1.29 is 14.2 Å². The van der Waals surface area contributed by atoms with E-state index in [9.17, 15) is 0 Å². The molecule has 1 aliphatic heterocycles. The third-order valence-corrected chi connectivity index (χ3v) is 3.73. The fourth-order valence-corrected chi connectivity index (χ4v) is 2.49. The van der Waals surface area contributed by atoms with Gasteiger partial charge in [0.15, 0.2) is 11.5 Å². The zero-order chi connectivity index (χ0) is 13.2. The summed E-state index contributed by atoms with van der Waals surface area (Å²) >= 11 is 0. The van der Waals surface area contributed by atoms with Crippen LogP contribution in [-0.2, 0) is 5.41 Å². The lowest BCUT2D eigenvalue weighted by molar-refractivity contribution is 0.322. The molecular formula is C14H21NO3. The molecular weight excluding hydrogens is 230 g/mol. The molecule has 1 aromatic rings. The predicted molar refractivity (Wildman–Crippen MR) is 70.9 cm³/mol. The van der Waals surface area contributed by atoms with Crippen LogP contribution in [0.5, 0.6) is 17.2 Å². The molecule has 0 aromatic heterocycles. The van der Waals surface area contributed by atoms with Gasteiger partial charge in [0, 0.05) is 12.0 Å². The minimum absolute atomic E-state index is 0.132. The van der Waals surface area contributed by atoms with Crippen LogP contribution in [0.4, 0.5) is 0 Å². The van der Waals surface area contributed by atoms with Crippen molar-refractivity contribution in [2.45, 2.75) is 18.8 Å². The van der Waals surface area contributed by atoms with Gasteiger partial charge in [-0.2, -0.15) is 0 Å². The molecule has 0 spiro atoms. The Morgan fingerprint density at radius 3 is 2.06 bits per heavy atom. The number of hydrogen-bond acceptors (Lipinski definition) is 4. The summed E-state index contributed by atoms with van der Waals surface area (Å²) in [6, 6.07) is 4.10. The average molecular weight is 251 g/mol. The molecule has 1 fully saturated rings. The second-order valence-corrected chi connectivity index (χ2v) is 4.90. The van der Waals surface area contributed by atoms with Gasteiger partial charge in [0.2, 0.25) is 5.75 Å². The molecule has 1 heterocycles. The Balaban J connectivity index is 2.49. The van der Waals surface area contributed by atoms with E-state index in [1.165, 1.54) is 5.56 Å². The quantitative estimate of drug-likeness (QED) is 0.888. The van der Waals surface area contributed by atoms with Gasteiger partial charge >= 0.3 is 0 Å². The van der Waals surface area contributed by atoms with Crippen molar-refractivity contribution in [3.63, 3.8) is 0 Å². The molecule has 18 heavy (non-hydrogen) atoms. The highest BCUT2D eigenvalue weighted by molar-refractivity contribution is 5.55. The van der Waals surface area contributed by atoms with E-state index in [2.05, 4.69) is 12.2 Å². The predicted octanol–water partition coefficient (Wildman–Crippen LogP) is 1.96. The van der Waals surface area contributed by atoms with Gasteiger partial charge in [-0.3, -0.25) is 0 Å². The summed E-state index contributed by atoms with van der Waals surface area (Å²) in [5, 5.41) is 3.40. The summed E-state index contributed by atoms with van der Waals surface area (Å²) in [6.45, 7) is 4.28. The molecule has 0 bridgehead atoms. The summed E-state index contributed by atoms with van der Waals surface area (Å²) < 4.78 is 16.1. The Labute approximate surface area is 108 Å². The summed E-state index contributed by atoms with van der Waals surface area (Å²) in [6.07, 6.45) is 1.12. The molecule has 0 aliphatic carbocycles. The molecule has 100 valence electrons. The Bertz CT molecular complexity index is 400. The topological polar surface area (TPSA) is 39.7 Å². The molecule has 4 heteroatoms. The van der Waals surface area contributed by atoms with Crippen molar-refractivity contribution in [1.29, 1.82) is 0 Å². The average Bonchev–Trinajstić information content (AvgIpc) is 2.85. The SMILES string of the molecule is COc1cc(C2(C)CCNC2)cc(OC)c1OC. The number of hydrogen-bond donors (Lipinski definition) is 1. The number of rotatable bonds is 4. The number of methoxy groups -OCH3 is 3. The molecule has 4 nitrogen and oxygen atoms in total. The summed E-state index contributed by atoms with van der Waals surface area (Å²) in [5.41, 5.74) is 1.36. The first kappa shape index (κ1) is 13.0. The van der Waals surface area contributed by atoms with Crippen molar-refractivity contribution >= 4 is 0 Å². The smallest absolute Gasteiger partial charge is 0.203 e. The monoisotopic (exact) mass is 251 g/mol. The van der Waals surface area contributed by atoms with E-state index in [0.29, 0.717) is 5.75 Å². The Hall–Kier alpha value is -1.42. The van der Waals surface area contributed by atoms with Crippen molar-refractivity contribution in [3.8, 4) is 17.2 Å². The largest absolute Gasteiger partial charge is 0.493 e. The molecule has 1 saturated heterocycles. The molecule has 0 saturated carbocycles. The van der Waals surface area contributed by atoms with E-state index in [1.807, 2.05) is 12.1 Å². The molecule has 0 radical (unpaired) electrons. The van der Waals surface area contributed by atoms with Crippen LogP contribution in [0.25, 0.3) is 0 Å². The number of nitrogens with one attached hydrogen (secondary N) is 1. The Kier molecular flexibility index (Phi) is 3.66. The van der Waals surface area contributed by atoms with Crippen molar-refractivity contribution in [1.82, 2.24) is 5.32 Å². The highest BCUT2D eigenvalue weighted by atomic mass is 16.5. The molecule has 1 unspecified atom stereocenters. The third-order valence-electron chi connectivity index (χ3n) is 3.73. The van der Waals surface area contributed by atoms with E-state index >= 15 is 0 Å². The molecule has 2 rings (SSSR count). The number of ether oxygens (including phenoxy) is 3. The van der Waals surface area contributed by atoms with Crippen LogP contribution >= 0.6 is 0 Å². The van der Waals surface area contributed by atoms with Crippen molar-refractivity contribution in [3.05, 3.63) is 17.7 Å². The van der Waals surface area contributed by atoms with E-state index in [-0.39, 0.29) is 5.41 Å². The van der Waals surface area contributed by atoms with Gasteiger partial charge in [0.1, 0.15) is 0 Å². The minimum atomic E-state index is 0.132. The van der Waals surface area contributed by atoms with Crippen molar-refractivity contribution in [2.75, 3.05) is 34.4 Å². The van der Waals surface area contributed by atoms with Crippen LogP contribution in [0, 0.1) is 0 Å². The van der Waals surface area contributed by atoms with Gasteiger partial charge in [-0.25, -0.2) is 0 Å². The maximum Gasteiger partial charge on any atom is 0.203 e. The van der Waals surface area contributed by atoms with E-state index in [1.54, 1.807) is 21.3 Å². The normalized spacial score (nSPS) is 22.9. The second kappa shape index (κ2) is 5.06. The lowest BCUT2D eigenvalue weighted by Gasteiger charge is -2.25. The summed E-state index contributed by atoms with van der Waals surface area (Å²) in [7, 11) is 4.92. The van der Waals surface area contributed by atoms with Crippen LogP contribution in [0.3, 0.4) is 0 Å². The Morgan fingerprint density at radius 1 is 1.06 bits per heavy atom. The fraction of sp³-hybridized carbons (Fsp3) is 0.571. The van der Waals surface area contributed by atoms with Gasteiger partial charge in [0.25, 0.3) is 0 Å². The van der Waals surface area contributed by atoms with Gasteiger partial charge < -0.3 is 19.5 Å². The van der Waals surface area contributed by atoms with Crippen LogP contribution in [0.1, 0.15) is 18.9 Å². The maximum atomic E-state index is 5.40. The van der Waals surface area contributed by atoms with Crippen molar-refractivity contribution in [2.24, 2.45) is 0 Å². The molecule has 1 aromatic carbocycles. The standard InChI is InChI=1S/C14H21NO3/c1-14(5-6-15-9-14)10-7-11(16-2)13(18-4)12(8-10)17-3/h7-8,15H,5-6,9H2,1-4H3. The first-order valence-corrected chi connectivity index (χ1v) is 6.16. The van der Waals surface area contributed by atoms with Crippen LogP contribution in [0.15, 0.2) is 12.1 Å². The lowest BCUT2D eigenvalue weighted by Crippen LogP contribution is -2.25. The second-order valence-electron chi connectivity index (χ2n) is 4.90. The van der Waals surface area contributed by atoms with E-state index in [4.69, 9.17) is 14.2 Å². The van der Waals surface area contributed by atoms with Crippen LogP contribution in [0.2, 0.25) is 0 Å². The number of benzene rings is 1. The molecule has 1 aliphatic rings. The fourth-order valence-electron chi connectivity index (χ4n) is 2.49. The summed E-state index contributed by atoms with van der Waals surface area (Å²) in [4.78, 5) is 0. The van der Waals surface area contributed by atoms with Crippen LogP contribution < -0.4 is 19.5 Å². The Morgan fingerprint density at radius 2 is 1.67 bits per heavy atom. The highest BCUT2D eigenvalue weighted by Crippen LogP contribution is 2.42. The van der Waals surface area contributed by atoms with Gasteiger partial charge in [-0.1, -0.05) is 6.92 Å². The molecule has 1 atom stereocenters. The van der Waals surface area contributed by atoms with Gasteiger partial charge in [-0.05, 0) is 30.7 Å². The first-order valence-electron chi connectivity index (χ1n) is 6.16. The van der Waals surface area contributed by atoms with Crippen LogP contribution in [-0.4, -0.2) is 34.4 Å². The maximum absolute atomic E-state index is 5.40. The molecule has 1 N–H and O–H groups in total. The first-order chi connectivity index (χ1) is 8.64. The minimum Gasteiger partial charge on any atom is -0.493 e. The summed E-state index contributed by atoms with van der Waals surface area (Å²) in [5.74, 6) is 2.10. The zero-order valence-electron chi connectivity index (χ0n) is 11.5. The van der Waals surface area contributed by atoms with E-state index in [0.717, 1.165) is 31.0 Å². The van der Waals surface area contributed by atoms with Gasteiger partial charge in [-0.15, -0.1) is 0 Å². The lowest BCUT2D eigenvalue weighted by atomic mass is 9.81. The zero-order valence-corrected chi connectivity index (χ0v) is 11.5. The molecule has 0 amide bonds. The third kappa shape index (κ3) is 2.12. The van der Waals surface area contributed by atoms with Gasteiger partial charge in [0.05, 0.1) is 21.3 Å².